The smallest absolute Gasteiger partial charge is 0.364 e. The monoisotopic (exact) mass is 322 g/mol. The molecule has 2 rings (SSSR count). The van der Waals surface area contributed by atoms with E-state index < -0.39 is 0 Å². The van der Waals surface area contributed by atoms with Crippen molar-refractivity contribution in [2.45, 2.75) is 45.7 Å². The van der Waals surface area contributed by atoms with E-state index in [1.165, 1.54) is 4.90 Å². The maximum atomic E-state index is 12.2. The fraction of sp³-hybridized carbons (Fsp3) is 0.611. The Bertz CT molecular complexity index is 544. The summed E-state index contributed by atoms with van der Waals surface area (Å²) in [6.45, 7) is 6.04. The lowest BCUT2D eigenvalue weighted by molar-refractivity contribution is -0.935. The number of hydrogen-bond donors (Lipinski definition) is 1. The Morgan fingerprint density at radius 2 is 2.04 bits per heavy atom. The molecule has 0 aromatic heterocycles. The number of nitrogens with one attached hydrogen (secondary N) is 1. The van der Waals surface area contributed by atoms with E-state index in [-0.39, 0.29) is 12.0 Å². The molecule has 1 N–H and O–H groups in total. The fourth-order valence-corrected chi connectivity index (χ4v) is 3.44. The fourth-order valence-electron chi connectivity index (χ4n) is 3.44. The summed E-state index contributed by atoms with van der Waals surface area (Å²) in [5, 5.41) is 0. The van der Waals surface area contributed by atoms with E-state index in [1.807, 2.05) is 26.0 Å². The van der Waals surface area contributed by atoms with Gasteiger partial charge in [0.15, 0.2) is 6.04 Å². The third kappa shape index (κ3) is 3.96. The van der Waals surface area contributed by atoms with Gasteiger partial charge in [-0.25, -0.2) is 4.79 Å². The molecule has 1 aromatic carbocycles. The second-order valence-corrected chi connectivity index (χ2v) is 5.97. The number of hydrogen-bond acceptors (Lipinski definition) is 4. The molecule has 0 radical (unpaired) electrons. The van der Waals surface area contributed by atoms with Gasteiger partial charge in [-0.3, -0.25) is 0 Å². The SMILES string of the molecule is CCOC(=O)[C@@H]1CCCC[NH+]1Cc1ccc(OC)c(C)c1OC. The van der Waals surface area contributed by atoms with Crippen LogP contribution in [0.5, 0.6) is 11.5 Å². The van der Waals surface area contributed by atoms with E-state index in [2.05, 4.69) is 0 Å². The Labute approximate surface area is 138 Å². The van der Waals surface area contributed by atoms with Crippen molar-refractivity contribution in [3.8, 4) is 11.5 Å². The van der Waals surface area contributed by atoms with Crippen LogP contribution in [0, 0.1) is 6.92 Å². The van der Waals surface area contributed by atoms with Crippen LogP contribution in [0.4, 0.5) is 0 Å². The number of carbonyl (C=O) groups is 1. The Balaban J connectivity index is 2.22. The predicted octanol–water partition coefficient (Wildman–Crippen LogP) is 1.51. The third-order valence-electron chi connectivity index (χ3n) is 4.58. The summed E-state index contributed by atoms with van der Waals surface area (Å²) >= 11 is 0. The Kier molecular flexibility index (Phi) is 6.28. The first kappa shape index (κ1) is 17.6. The number of ether oxygens (including phenoxy) is 3. The molecule has 2 atom stereocenters. The third-order valence-corrected chi connectivity index (χ3v) is 4.58. The summed E-state index contributed by atoms with van der Waals surface area (Å²) in [5.74, 6) is 1.60. The number of quaternary nitrogens is 1. The van der Waals surface area contributed by atoms with Crippen molar-refractivity contribution in [1.82, 2.24) is 0 Å². The van der Waals surface area contributed by atoms with Crippen molar-refractivity contribution in [2.24, 2.45) is 0 Å². The number of methoxy groups -OCH3 is 2. The average molecular weight is 322 g/mol. The van der Waals surface area contributed by atoms with E-state index in [0.717, 1.165) is 55.0 Å². The molecule has 23 heavy (non-hydrogen) atoms. The summed E-state index contributed by atoms with van der Waals surface area (Å²) in [4.78, 5) is 13.5. The van der Waals surface area contributed by atoms with Gasteiger partial charge in [0.2, 0.25) is 0 Å². The molecule has 5 heteroatoms. The number of piperidine rings is 1. The summed E-state index contributed by atoms with van der Waals surface area (Å²) in [6, 6.07) is 3.93. The van der Waals surface area contributed by atoms with Crippen LogP contribution in [-0.2, 0) is 16.1 Å². The lowest BCUT2D eigenvalue weighted by atomic mass is 10.00. The number of benzene rings is 1. The summed E-state index contributed by atoms with van der Waals surface area (Å²) in [5.41, 5.74) is 2.11. The molecule has 1 saturated heterocycles. The van der Waals surface area contributed by atoms with Crippen LogP contribution in [0.3, 0.4) is 0 Å². The second kappa shape index (κ2) is 8.20. The molecule has 1 aliphatic heterocycles. The van der Waals surface area contributed by atoms with Gasteiger partial charge in [-0.2, -0.15) is 0 Å². The standard InChI is InChI=1S/C18H27NO4/c1-5-23-18(20)15-8-6-7-11-19(15)12-14-9-10-16(21-3)13(2)17(14)22-4/h9-10,15H,5-8,11-12H2,1-4H3/p+1/t15-/m0/s1. The molecular weight excluding hydrogens is 294 g/mol. The van der Waals surface area contributed by atoms with Gasteiger partial charge in [-0.1, -0.05) is 0 Å². The van der Waals surface area contributed by atoms with Crippen LogP contribution >= 0.6 is 0 Å². The molecule has 1 fully saturated rings. The molecule has 0 amide bonds. The van der Waals surface area contributed by atoms with Crippen LogP contribution in [0.15, 0.2) is 12.1 Å². The van der Waals surface area contributed by atoms with Gasteiger partial charge in [0.05, 0.1) is 27.4 Å². The molecule has 0 spiro atoms. The topological polar surface area (TPSA) is 49.2 Å². The molecule has 0 bridgehead atoms. The minimum absolute atomic E-state index is 0.0733. The van der Waals surface area contributed by atoms with Crippen molar-refractivity contribution in [3.63, 3.8) is 0 Å². The lowest BCUT2D eigenvalue weighted by Gasteiger charge is -2.31. The minimum atomic E-state index is -0.0774. The largest absolute Gasteiger partial charge is 0.496 e. The predicted molar refractivity (Wildman–Crippen MR) is 88.1 cm³/mol. The van der Waals surface area contributed by atoms with E-state index in [4.69, 9.17) is 14.2 Å². The van der Waals surface area contributed by atoms with E-state index in [1.54, 1.807) is 14.2 Å². The number of likely N-dealkylation sites (tertiary alicyclic amines) is 1. The summed E-state index contributed by atoms with van der Waals surface area (Å²) in [7, 11) is 3.34. The highest BCUT2D eigenvalue weighted by Crippen LogP contribution is 2.31. The van der Waals surface area contributed by atoms with Crippen molar-refractivity contribution in [1.29, 1.82) is 0 Å². The number of carbonyl (C=O) groups excluding carboxylic acids is 1. The van der Waals surface area contributed by atoms with Gasteiger partial charge >= 0.3 is 5.97 Å². The molecule has 0 saturated carbocycles. The van der Waals surface area contributed by atoms with E-state index in [9.17, 15) is 4.79 Å². The van der Waals surface area contributed by atoms with Crippen LogP contribution in [-0.4, -0.2) is 39.4 Å². The van der Waals surface area contributed by atoms with Gasteiger partial charge in [0.25, 0.3) is 0 Å². The highest BCUT2D eigenvalue weighted by atomic mass is 16.5. The zero-order valence-corrected chi connectivity index (χ0v) is 14.6. The van der Waals surface area contributed by atoms with Crippen molar-refractivity contribution in [3.05, 3.63) is 23.3 Å². The molecule has 0 aliphatic carbocycles. The molecule has 5 nitrogen and oxygen atoms in total. The summed E-state index contributed by atoms with van der Waals surface area (Å²) < 4.78 is 16.2. The van der Waals surface area contributed by atoms with Gasteiger partial charge < -0.3 is 19.1 Å². The molecular formula is C18H28NO4+. The first-order valence-corrected chi connectivity index (χ1v) is 8.34. The van der Waals surface area contributed by atoms with Gasteiger partial charge in [-0.05, 0) is 38.8 Å². The Morgan fingerprint density at radius 1 is 1.26 bits per heavy atom. The lowest BCUT2D eigenvalue weighted by Crippen LogP contribution is -3.16. The minimum Gasteiger partial charge on any atom is -0.496 e. The normalized spacial score (nSPS) is 20.9. The molecule has 1 heterocycles. The van der Waals surface area contributed by atoms with Crippen molar-refractivity contribution >= 4 is 5.97 Å². The van der Waals surface area contributed by atoms with E-state index >= 15 is 0 Å². The quantitative estimate of drug-likeness (QED) is 0.807. The van der Waals surface area contributed by atoms with Crippen LogP contribution in [0.2, 0.25) is 0 Å². The number of esters is 1. The maximum absolute atomic E-state index is 12.2. The van der Waals surface area contributed by atoms with Crippen molar-refractivity contribution in [2.75, 3.05) is 27.4 Å². The van der Waals surface area contributed by atoms with Gasteiger partial charge in [0.1, 0.15) is 18.0 Å². The first-order valence-electron chi connectivity index (χ1n) is 8.34. The number of rotatable bonds is 6. The van der Waals surface area contributed by atoms with Gasteiger partial charge in [0, 0.05) is 17.5 Å². The van der Waals surface area contributed by atoms with Crippen LogP contribution in [0.1, 0.15) is 37.3 Å². The average Bonchev–Trinajstić information content (AvgIpc) is 2.56. The molecule has 1 unspecified atom stereocenters. The zero-order chi connectivity index (χ0) is 16.8. The van der Waals surface area contributed by atoms with E-state index in [0.29, 0.717) is 6.61 Å². The van der Waals surface area contributed by atoms with Crippen LogP contribution < -0.4 is 14.4 Å². The van der Waals surface area contributed by atoms with Gasteiger partial charge in [-0.15, -0.1) is 0 Å². The maximum Gasteiger partial charge on any atom is 0.364 e. The highest BCUT2D eigenvalue weighted by Gasteiger charge is 2.34. The second-order valence-electron chi connectivity index (χ2n) is 5.97. The Morgan fingerprint density at radius 3 is 2.70 bits per heavy atom. The summed E-state index contributed by atoms with van der Waals surface area (Å²) in [6.07, 6.45) is 3.13. The van der Waals surface area contributed by atoms with Crippen molar-refractivity contribution < 1.29 is 23.9 Å². The zero-order valence-electron chi connectivity index (χ0n) is 14.6. The molecule has 1 aromatic rings. The molecule has 128 valence electrons. The highest BCUT2D eigenvalue weighted by molar-refractivity contribution is 5.74. The Hall–Kier alpha value is -1.75. The van der Waals surface area contributed by atoms with Crippen LogP contribution in [0.25, 0.3) is 0 Å². The first-order chi connectivity index (χ1) is 11.1. The molecule has 1 aliphatic rings.